The van der Waals surface area contributed by atoms with Crippen LogP contribution in [0.2, 0.25) is 0 Å². The van der Waals surface area contributed by atoms with Gasteiger partial charge in [-0.1, -0.05) is 0 Å². The Balaban J connectivity index is 3.78. The lowest BCUT2D eigenvalue weighted by atomic mass is 10.8. The van der Waals surface area contributed by atoms with E-state index in [0.717, 1.165) is 0 Å². The van der Waals surface area contributed by atoms with Crippen LogP contribution in [0.5, 0.6) is 0 Å². The molecule has 0 fully saturated rings. The van der Waals surface area contributed by atoms with Gasteiger partial charge in [0.1, 0.15) is 12.9 Å². The van der Waals surface area contributed by atoms with Crippen LogP contribution < -0.4 is 0 Å². The second-order valence-electron chi connectivity index (χ2n) is 1.60. The first-order valence-electron chi connectivity index (χ1n) is 2.75. The molecule has 0 amide bonds. The molecule has 0 aromatic rings. The van der Waals surface area contributed by atoms with Gasteiger partial charge in [-0.3, -0.25) is 9.05 Å². The summed E-state index contributed by atoms with van der Waals surface area (Å²) in [6.45, 7) is -1.57. The van der Waals surface area contributed by atoms with Crippen molar-refractivity contribution < 1.29 is 33.2 Å². The molecule has 0 aromatic heterocycles. The van der Waals surface area contributed by atoms with E-state index in [2.05, 4.69) is 9.05 Å². The van der Waals surface area contributed by atoms with E-state index in [4.69, 9.17) is 10.00 Å². The number of hydrogen-bond donors (Lipinski definition) is 2. The highest BCUT2D eigenvalue weighted by Crippen LogP contribution is 2.42. The van der Waals surface area contributed by atoms with Gasteiger partial charge in [0, 0.05) is 0 Å². The second-order valence-corrected chi connectivity index (χ2v) is 3.05. The monoisotopic (exact) mass is 198 g/mol. The molecule has 0 spiro atoms. The fourth-order valence-corrected chi connectivity index (χ4v) is 0.896. The minimum absolute atomic E-state index is 0.243. The first-order valence-corrected chi connectivity index (χ1v) is 4.25. The van der Waals surface area contributed by atoms with Gasteiger partial charge < -0.3 is 14.8 Å². The Bertz CT molecular complexity index is 211. The summed E-state index contributed by atoms with van der Waals surface area (Å²) >= 11 is 0. The Morgan fingerprint density at radius 2 is 2.08 bits per heavy atom. The number of aldehydes is 1. The number of phosphoric acid groups is 1. The quantitative estimate of drug-likeness (QED) is 0.433. The standard InChI is InChI=1S/C4H7O7P/c5-1-2-10-12(8,9)11-3-4(6)7/h1H,2-3H2,(H,6,7)(H,8,9). The molecule has 70 valence electrons. The van der Waals surface area contributed by atoms with Crippen molar-refractivity contribution in [2.75, 3.05) is 13.2 Å². The molecule has 12 heavy (non-hydrogen) atoms. The van der Waals surface area contributed by atoms with Crippen LogP contribution in [0, 0.1) is 0 Å². The van der Waals surface area contributed by atoms with Gasteiger partial charge in [0.15, 0.2) is 6.61 Å². The van der Waals surface area contributed by atoms with E-state index in [1.54, 1.807) is 0 Å². The molecule has 0 saturated carbocycles. The Morgan fingerprint density at radius 3 is 2.50 bits per heavy atom. The number of carbonyl (C=O) groups is 2. The maximum absolute atomic E-state index is 10.6. The van der Waals surface area contributed by atoms with E-state index in [0.29, 0.717) is 0 Å². The van der Waals surface area contributed by atoms with Crippen molar-refractivity contribution in [1.82, 2.24) is 0 Å². The zero-order valence-electron chi connectivity index (χ0n) is 5.87. The van der Waals surface area contributed by atoms with Crippen LogP contribution in [-0.4, -0.2) is 35.5 Å². The number of rotatable bonds is 6. The summed E-state index contributed by atoms with van der Waals surface area (Å²) in [6.07, 6.45) is 0.243. The molecule has 0 radical (unpaired) electrons. The lowest BCUT2D eigenvalue weighted by Crippen LogP contribution is -2.07. The van der Waals surface area contributed by atoms with Crippen LogP contribution in [0.25, 0.3) is 0 Å². The van der Waals surface area contributed by atoms with Crippen LogP contribution in [0.4, 0.5) is 0 Å². The molecular formula is C4H7O7P. The van der Waals surface area contributed by atoms with Gasteiger partial charge >= 0.3 is 13.8 Å². The predicted octanol–water partition coefficient (Wildman–Crippen LogP) is -0.597. The molecule has 0 aliphatic carbocycles. The molecular weight excluding hydrogens is 191 g/mol. The molecule has 0 heterocycles. The minimum atomic E-state index is -4.38. The van der Waals surface area contributed by atoms with Crippen LogP contribution in [-0.2, 0) is 23.2 Å². The van der Waals surface area contributed by atoms with Gasteiger partial charge in [-0.2, -0.15) is 0 Å². The van der Waals surface area contributed by atoms with Gasteiger partial charge in [-0.25, -0.2) is 9.36 Å². The van der Waals surface area contributed by atoms with Crippen LogP contribution in [0.15, 0.2) is 0 Å². The molecule has 1 atom stereocenters. The molecule has 2 N–H and O–H groups in total. The van der Waals surface area contributed by atoms with Crippen molar-refractivity contribution in [2.45, 2.75) is 0 Å². The summed E-state index contributed by atoms with van der Waals surface area (Å²) in [5.74, 6) is -1.40. The highest BCUT2D eigenvalue weighted by Gasteiger charge is 2.21. The third-order valence-electron chi connectivity index (χ3n) is 0.657. The topological polar surface area (TPSA) is 110 Å². The highest BCUT2D eigenvalue weighted by atomic mass is 31.2. The van der Waals surface area contributed by atoms with Crippen molar-refractivity contribution in [3.05, 3.63) is 0 Å². The van der Waals surface area contributed by atoms with E-state index in [1.807, 2.05) is 0 Å². The summed E-state index contributed by atoms with van der Waals surface area (Å²) in [6, 6.07) is 0. The van der Waals surface area contributed by atoms with E-state index in [9.17, 15) is 14.2 Å². The van der Waals surface area contributed by atoms with E-state index < -0.39 is 27.0 Å². The van der Waals surface area contributed by atoms with Crippen molar-refractivity contribution >= 4 is 20.1 Å². The normalized spacial score (nSPS) is 15.1. The summed E-state index contributed by atoms with van der Waals surface area (Å²) in [5.41, 5.74) is 0. The van der Waals surface area contributed by atoms with Crippen LogP contribution in [0.3, 0.4) is 0 Å². The van der Waals surface area contributed by atoms with Crippen molar-refractivity contribution in [3.8, 4) is 0 Å². The zero-order chi connectivity index (χ0) is 9.61. The maximum Gasteiger partial charge on any atom is 0.473 e. The average molecular weight is 198 g/mol. The number of carbonyl (C=O) groups excluding carboxylic acids is 1. The maximum atomic E-state index is 10.6. The van der Waals surface area contributed by atoms with Crippen molar-refractivity contribution in [3.63, 3.8) is 0 Å². The Hall–Kier alpha value is -0.750. The largest absolute Gasteiger partial charge is 0.480 e. The third-order valence-corrected chi connectivity index (χ3v) is 1.59. The fraction of sp³-hybridized carbons (Fsp3) is 0.500. The number of carboxylic acids is 1. The molecule has 0 rings (SSSR count). The Labute approximate surface area is 67.5 Å². The van der Waals surface area contributed by atoms with Gasteiger partial charge in [0.25, 0.3) is 0 Å². The second kappa shape index (κ2) is 5.00. The first-order chi connectivity index (χ1) is 5.48. The van der Waals surface area contributed by atoms with Crippen molar-refractivity contribution in [1.29, 1.82) is 0 Å². The average Bonchev–Trinajstić information content (AvgIpc) is 1.98. The Kier molecular flexibility index (Phi) is 4.68. The summed E-state index contributed by atoms with van der Waals surface area (Å²) in [5, 5.41) is 8.02. The fourth-order valence-electron chi connectivity index (χ4n) is 0.299. The summed E-state index contributed by atoms with van der Waals surface area (Å²) in [7, 11) is -4.38. The van der Waals surface area contributed by atoms with Crippen LogP contribution in [0.1, 0.15) is 0 Å². The summed E-state index contributed by atoms with van der Waals surface area (Å²) in [4.78, 5) is 28.1. The predicted molar refractivity (Wildman–Crippen MR) is 35.4 cm³/mol. The van der Waals surface area contributed by atoms with Gasteiger partial charge in [0.2, 0.25) is 0 Å². The van der Waals surface area contributed by atoms with Gasteiger partial charge in [-0.15, -0.1) is 0 Å². The van der Waals surface area contributed by atoms with Crippen molar-refractivity contribution in [2.24, 2.45) is 0 Å². The minimum Gasteiger partial charge on any atom is -0.480 e. The molecule has 1 unspecified atom stereocenters. The molecule has 0 aliphatic rings. The molecule has 0 aromatic carbocycles. The number of phosphoric ester groups is 1. The molecule has 0 bridgehead atoms. The lowest BCUT2D eigenvalue weighted by molar-refractivity contribution is -0.139. The van der Waals surface area contributed by atoms with E-state index in [-0.39, 0.29) is 6.29 Å². The van der Waals surface area contributed by atoms with Gasteiger partial charge in [-0.05, 0) is 0 Å². The Morgan fingerprint density at radius 1 is 1.50 bits per heavy atom. The summed E-state index contributed by atoms with van der Waals surface area (Å²) < 4.78 is 18.5. The molecule has 0 aliphatic heterocycles. The molecule has 7 nitrogen and oxygen atoms in total. The highest BCUT2D eigenvalue weighted by molar-refractivity contribution is 7.47. The van der Waals surface area contributed by atoms with E-state index >= 15 is 0 Å². The third kappa shape index (κ3) is 5.99. The molecule has 8 heteroatoms. The van der Waals surface area contributed by atoms with Crippen LogP contribution >= 0.6 is 7.82 Å². The van der Waals surface area contributed by atoms with Gasteiger partial charge in [0.05, 0.1) is 0 Å². The number of hydrogen-bond acceptors (Lipinski definition) is 5. The number of aliphatic carboxylic acids is 1. The zero-order valence-corrected chi connectivity index (χ0v) is 6.77. The first kappa shape index (κ1) is 11.2. The molecule has 0 saturated heterocycles. The number of carboxylic acid groups (broad SMARTS) is 1. The smallest absolute Gasteiger partial charge is 0.473 e. The lowest BCUT2D eigenvalue weighted by Gasteiger charge is -2.07. The SMILES string of the molecule is O=CCOP(=O)(O)OCC(=O)O. The van der Waals surface area contributed by atoms with E-state index in [1.165, 1.54) is 0 Å².